The van der Waals surface area contributed by atoms with E-state index in [1.165, 1.54) is 29.7 Å². The van der Waals surface area contributed by atoms with Gasteiger partial charge in [-0.1, -0.05) is 32.0 Å². The molecule has 0 aromatic heterocycles. The lowest BCUT2D eigenvalue weighted by atomic mass is 9.90. The smallest absolute Gasteiger partial charge is 0.0335 e. The van der Waals surface area contributed by atoms with Gasteiger partial charge in [-0.3, -0.25) is 0 Å². The van der Waals surface area contributed by atoms with Crippen LogP contribution in [0.3, 0.4) is 0 Å². The van der Waals surface area contributed by atoms with E-state index in [-0.39, 0.29) is 0 Å². The summed E-state index contributed by atoms with van der Waals surface area (Å²) in [6.07, 6.45) is 1.29. The largest absolute Gasteiger partial charge is 0.310 e. The highest BCUT2D eigenvalue weighted by Gasteiger charge is 2.20. The van der Waals surface area contributed by atoms with Gasteiger partial charge in [-0.2, -0.15) is 0 Å². The first kappa shape index (κ1) is 9.72. The van der Waals surface area contributed by atoms with Crippen molar-refractivity contribution in [2.75, 3.05) is 6.54 Å². The van der Waals surface area contributed by atoms with Crippen molar-refractivity contribution >= 4 is 0 Å². The minimum atomic E-state index is 0.619. The van der Waals surface area contributed by atoms with Crippen LogP contribution in [0.5, 0.6) is 0 Å². The normalized spacial score (nSPS) is 21.0. The zero-order valence-electron chi connectivity index (χ0n) is 9.30. The van der Waals surface area contributed by atoms with E-state index in [1.807, 2.05) is 0 Å². The Morgan fingerprint density at radius 3 is 2.57 bits per heavy atom. The summed E-state index contributed by atoms with van der Waals surface area (Å²) in [7, 11) is 0. The number of hydrogen-bond acceptors (Lipinski definition) is 1. The molecule has 1 aliphatic heterocycles. The zero-order chi connectivity index (χ0) is 10.1. The van der Waals surface area contributed by atoms with E-state index in [4.69, 9.17) is 0 Å². The van der Waals surface area contributed by atoms with E-state index >= 15 is 0 Å². The average Bonchev–Trinajstić information content (AvgIpc) is 2.05. The molecule has 1 unspecified atom stereocenters. The van der Waals surface area contributed by atoms with Crippen LogP contribution in [0.15, 0.2) is 18.2 Å². The molecule has 0 aliphatic carbocycles. The molecule has 1 aromatic rings. The molecule has 0 amide bonds. The lowest BCUT2D eigenvalue weighted by molar-refractivity contribution is 0.381. The first-order chi connectivity index (χ1) is 6.68. The van der Waals surface area contributed by atoms with Gasteiger partial charge in [0.1, 0.15) is 0 Å². The molecule has 2 rings (SSSR count). The standard InChI is InChI=1S/C13H19N/c1-9(2)11-5-4-10(3)12(8-11)13-6-7-14-13/h4-5,8-9,13-14H,6-7H2,1-3H3. The molecule has 0 radical (unpaired) electrons. The summed E-state index contributed by atoms with van der Waals surface area (Å²) >= 11 is 0. The fourth-order valence-electron chi connectivity index (χ4n) is 1.95. The number of benzene rings is 1. The monoisotopic (exact) mass is 189 g/mol. The summed E-state index contributed by atoms with van der Waals surface area (Å²) in [4.78, 5) is 0. The summed E-state index contributed by atoms with van der Waals surface area (Å²) in [5.74, 6) is 0.634. The molecule has 76 valence electrons. The molecule has 1 N–H and O–H groups in total. The molecule has 0 spiro atoms. The highest BCUT2D eigenvalue weighted by Crippen LogP contribution is 2.28. The van der Waals surface area contributed by atoms with Crippen molar-refractivity contribution < 1.29 is 0 Å². The van der Waals surface area contributed by atoms with Crippen molar-refractivity contribution in [3.63, 3.8) is 0 Å². The third-order valence-corrected chi connectivity index (χ3v) is 3.17. The fraction of sp³-hybridized carbons (Fsp3) is 0.538. The van der Waals surface area contributed by atoms with Crippen LogP contribution in [-0.4, -0.2) is 6.54 Å². The third-order valence-electron chi connectivity index (χ3n) is 3.17. The van der Waals surface area contributed by atoms with Gasteiger partial charge in [-0.05, 0) is 42.5 Å². The quantitative estimate of drug-likeness (QED) is 0.753. The molecule has 0 saturated carbocycles. The SMILES string of the molecule is Cc1ccc(C(C)C)cc1C1CCN1. The van der Waals surface area contributed by atoms with Crippen molar-refractivity contribution in [1.82, 2.24) is 5.32 Å². The van der Waals surface area contributed by atoms with Crippen LogP contribution in [0.25, 0.3) is 0 Å². The Labute approximate surface area is 86.5 Å². The molecule has 14 heavy (non-hydrogen) atoms. The highest BCUT2D eigenvalue weighted by atomic mass is 15.0. The molecular formula is C13H19N. The van der Waals surface area contributed by atoms with Crippen LogP contribution >= 0.6 is 0 Å². The van der Waals surface area contributed by atoms with E-state index in [0.717, 1.165) is 0 Å². The van der Waals surface area contributed by atoms with E-state index in [9.17, 15) is 0 Å². The maximum Gasteiger partial charge on any atom is 0.0335 e. The Balaban J connectivity index is 2.31. The maximum absolute atomic E-state index is 3.47. The summed E-state index contributed by atoms with van der Waals surface area (Å²) in [6.45, 7) is 7.89. The molecule has 1 heteroatoms. The van der Waals surface area contributed by atoms with Gasteiger partial charge in [-0.25, -0.2) is 0 Å². The minimum absolute atomic E-state index is 0.619. The number of hydrogen-bond donors (Lipinski definition) is 1. The van der Waals surface area contributed by atoms with Crippen LogP contribution in [0.1, 0.15) is 48.9 Å². The van der Waals surface area contributed by atoms with Gasteiger partial charge in [0.2, 0.25) is 0 Å². The van der Waals surface area contributed by atoms with Crippen LogP contribution in [0.2, 0.25) is 0 Å². The Morgan fingerprint density at radius 2 is 2.07 bits per heavy atom. The summed E-state index contributed by atoms with van der Waals surface area (Å²) in [5.41, 5.74) is 4.38. The van der Waals surface area contributed by atoms with Crippen LogP contribution < -0.4 is 5.32 Å². The lowest BCUT2D eigenvalue weighted by Gasteiger charge is -2.30. The Hall–Kier alpha value is -0.820. The van der Waals surface area contributed by atoms with Gasteiger partial charge < -0.3 is 5.32 Å². The van der Waals surface area contributed by atoms with E-state index in [1.54, 1.807) is 0 Å². The molecule has 1 saturated heterocycles. The number of rotatable bonds is 2. The van der Waals surface area contributed by atoms with Gasteiger partial charge in [-0.15, -0.1) is 0 Å². The van der Waals surface area contributed by atoms with Gasteiger partial charge >= 0.3 is 0 Å². The summed E-state index contributed by atoms with van der Waals surface area (Å²) in [5, 5.41) is 3.47. The number of aryl methyl sites for hydroxylation is 1. The van der Waals surface area contributed by atoms with E-state index < -0.39 is 0 Å². The fourth-order valence-corrected chi connectivity index (χ4v) is 1.95. The average molecular weight is 189 g/mol. The number of nitrogens with one attached hydrogen (secondary N) is 1. The molecule has 0 bridgehead atoms. The first-order valence-electron chi connectivity index (χ1n) is 5.52. The second-order valence-electron chi connectivity index (χ2n) is 4.57. The molecule has 1 aliphatic rings. The van der Waals surface area contributed by atoms with Crippen molar-refractivity contribution in [1.29, 1.82) is 0 Å². The van der Waals surface area contributed by atoms with Crippen molar-refractivity contribution in [3.05, 3.63) is 34.9 Å². The third kappa shape index (κ3) is 1.69. The Kier molecular flexibility index (Phi) is 2.60. The molecule has 1 atom stereocenters. The van der Waals surface area contributed by atoms with Gasteiger partial charge in [0.25, 0.3) is 0 Å². The molecule has 1 aromatic carbocycles. The van der Waals surface area contributed by atoms with Crippen LogP contribution in [-0.2, 0) is 0 Å². The maximum atomic E-state index is 3.47. The van der Waals surface area contributed by atoms with Crippen molar-refractivity contribution in [2.45, 2.75) is 39.2 Å². The topological polar surface area (TPSA) is 12.0 Å². The minimum Gasteiger partial charge on any atom is -0.310 e. The second-order valence-corrected chi connectivity index (χ2v) is 4.57. The molecule has 1 fully saturated rings. The van der Waals surface area contributed by atoms with Crippen LogP contribution in [0.4, 0.5) is 0 Å². The first-order valence-corrected chi connectivity index (χ1v) is 5.52. The summed E-state index contributed by atoms with van der Waals surface area (Å²) in [6, 6.07) is 7.50. The van der Waals surface area contributed by atoms with Crippen molar-refractivity contribution in [3.8, 4) is 0 Å². The summed E-state index contributed by atoms with van der Waals surface area (Å²) < 4.78 is 0. The van der Waals surface area contributed by atoms with E-state index in [2.05, 4.69) is 44.3 Å². The molecular weight excluding hydrogens is 170 g/mol. The molecule has 1 heterocycles. The molecule has 1 nitrogen and oxygen atoms in total. The van der Waals surface area contributed by atoms with Crippen LogP contribution in [0, 0.1) is 6.92 Å². The van der Waals surface area contributed by atoms with E-state index in [0.29, 0.717) is 12.0 Å². The highest BCUT2D eigenvalue weighted by molar-refractivity contribution is 5.35. The van der Waals surface area contributed by atoms with Gasteiger partial charge in [0.15, 0.2) is 0 Å². The lowest BCUT2D eigenvalue weighted by Crippen LogP contribution is -2.35. The predicted molar refractivity (Wildman–Crippen MR) is 60.6 cm³/mol. The van der Waals surface area contributed by atoms with Gasteiger partial charge in [0.05, 0.1) is 0 Å². The predicted octanol–water partition coefficient (Wildman–Crippen LogP) is 3.15. The Morgan fingerprint density at radius 1 is 1.36 bits per heavy atom. The van der Waals surface area contributed by atoms with Crippen molar-refractivity contribution in [2.24, 2.45) is 0 Å². The van der Waals surface area contributed by atoms with Gasteiger partial charge in [0, 0.05) is 6.04 Å². The zero-order valence-corrected chi connectivity index (χ0v) is 9.30. The Bertz CT molecular complexity index is 324. The second kappa shape index (κ2) is 3.74.